The van der Waals surface area contributed by atoms with Gasteiger partial charge in [-0.15, -0.1) is 0 Å². The first-order valence-electron chi connectivity index (χ1n) is 6.90. The molecule has 104 valence electrons. The van der Waals surface area contributed by atoms with E-state index < -0.39 is 0 Å². The molecule has 0 fully saturated rings. The van der Waals surface area contributed by atoms with E-state index in [0.717, 1.165) is 5.75 Å². The van der Waals surface area contributed by atoms with Gasteiger partial charge in [-0.05, 0) is 11.6 Å². The molecule has 3 rings (SSSR count). The summed E-state index contributed by atoms with van der Waals surface area (Å²) >= 11 is 0. The van der Waals surface area contributed by atoms with Gasteiger partial charge < -0.3 is 9.47 Å². The van der Waals surface area contributed by atoms with Gasteiger partial charge in [0.2, 0.25) is 0 Å². The third-order valence-electron chi connectivity index (χ3n) is 3.64. The summed E-state index contributed by atoms with van der Waals surface area (Å²) in [6, 6.07) is 19.0. The smallest absolute Gasteiger partial charge is 0.124 e. The summed E-state index contributed by atoms with van der Waals surface area (Å²) in [5.41, 5.74) is 2.46. The maximum absolute atomic E-state index is 5.72. The van der Waals surface area contributed by atoms with E-state index in [1.165, 1.54) is 11.1 Å². The first kappa shape index (κ1) is 13.2. The lowest BCUT2D eigenvalue weighted by Gasteiger charge is -2.22. The minimum Gasteiger partial charge on any atom is -0.491 e. The summed E-state index contributed by atoms with van der Waals surface area (Å²) in [6.07, 6.45) is 0. The zero-order valence-corrected chi connectivity index (χ0v) is 11.6. The molecule has 0 amide bonds. The number of benzene rings is 2. The molecule has 0 radical (unpaired) electrons. The first-order valence-corrected chi connectivity index (χ1v) is 6.90. The van der Waals surface area contributed by atoms with E-state index >= 15 is 0 Å². The molecule has 1 aliphatic rings. The summed E-state index contributed by atoms with van der Waals surface area (Å²) in [6.45, 7) is 1.31. The van der Waals surface area contributed by atoms with Crippen molar-refractivity contribution < 1.29 is 9.47 Å². The van der Waals surface area contributed by atoms with E-state index in [-0.39, 0.29) is 12.1 Å². The largest absolute Gasteiger partial charge is 0.491 e. The lowest BCUT2D eigenvalue weighted by atomic mass is 10.0. The third kappa shape index (κ3) is 2.69. The van der Waals surface area contributed by atoms with Crippen LogP contribution in [0.3, 0.4) is 0 Å². The Bertz CT molecular complexity index is 556. The van der Waals surface area contributed by atoms with Crippen LogP contribution >= 0.6 is 0 Å². The van der Waals surface area contributed by atoms with Crippen LogP contribution in [0.5, 0.6) is 5.75 Å². The maximum Gasteiger partial charge on any atom is 0.124 e. The topological polar surface area (TPSA) is 30.5 Å². The molecule has 2 aromatic carbocycles. The van der Waals surface area contributed by atoms with Crippen molar-refractivity contribution in [2.45, 2.75) is 12.1 Å². The van der Waals surface area contributed by atoms with Crippen molar-refractivity contribution in [3.05, 3.63) is 65.7 Å². The monoisotopic (exact) mass is 269 g/mol. The highest BCUT2D eigenvalue weighted by atomic mass is 16.5. The fourth-order valence-electron chi connectivity index (χ4n) is 2.64. The number of fused-ring (bicyclic) bond motifs is 1. The van der Waals surface area contributed by atoms with E-state index in [1.807, 2.05) is 18.2 Å². The molecule has 2 unspecified atom stereocenters. The Morgan fingerprint density at radius 1 is 1.15 bits per heavy atom. The molecule has 3 heteroatoms. The molecule has 0 aliphatic carbocycles. The molecular weight excluding hydrogens is 250 g/mol. The van der Waals surface area contributed by atoms with Gasteiger partial charge in [0.1, 0.15) is 12.4 Å². The molecule has 0 bridgehead atoms. The SMILES string of the molecule is COCC(NC1COc2ccccc21)c1ccccc1. The van der Waals surface area contributed by atoms with Crippen LogP contribution in [0, 0.1) is 0 Å². The van der Waals surface area contributed by atoms with Crippen molar-refractivity contribution in [2.75, 3.05) is 20.3 Å². The Morgan fingerprint density at radius 2 is 1.90 bits per heavy atom. The molecular formula is C17H19NO2. The fourth-order valence-corrected chi connectivity index (χ4v) is 2.64. The van der Waals surface area contributed by atoms with Gasteiger partial charge in [0.25, 0.3) is 0 Å². The van der Waals surface area contributed by atoms with Crippen molar-refractivity contribution in [2.24, 2.45) is 0 Å². The summed E-state index contributed by atoms with van der Waals surface area (Å²) in [5.74, 6) is 0.981. The van der Waals surface area contributed by atoms with Gasteiger partial charge >= 0.3 is 0 Å². The molecule has 1 N–H and O–H groups in total. The van der Waals surface area contributed by atoms with Crippen molar-refractivity contribution >= 4 is 0 Å². The summed E-state index contributed by atoms with van der Waals surface area (Å²) in [7, 11) is 1.73. The Balaban J connectivity index is 1.78. The van der Waals surface area contributed by atoms with Crippen LogP contribution in [0.25, 0.3) is 0 Å². The summed E-state index contributed by atoms with van der Waals surface area (Å²) in [5, 5.41) is 3.64. The fraction of sp³-hybridized carbons (Fsp3) is 0.294. The predicted octanol–water partition coefficient (Wildman–Crippen LogP) is 3.10. The van der Waals surface area contributed by atoms with E-state index in [4.69, 9.17) is 9.47 Å². The summed E-state index contributed by atoms with van der Waals surface area (Å²) in [4.78, 5) is 0. The second kappa shape index (κ2) is 6.07. The molecule has 0 spiro atoms. The molecule has 0 aromatic heterocycles. The number of nitrogens with one attached hydrogen (secondary N) is 1. The van der Waals surface area contributed by atoms with Gasteiger partial charge in [-0.2, -0.15) is 0 Å². The van der Waals surface area contributed by atoms with Gasteiger partial charge in [0, 0.05) is 12.7 Å². The second-order valence-electron chi connectivity index (χ2n) is 4.99. The van der Waals surface area contributed by atoms with Gasteiger partial charge in [-0.3, -0.25) is 5.32 Å². The molecule has 1 aliphatic heterocycles. The third-order valence-corrected chi connectivity index (χ3v) is 3.64. The first-order chi connectivity index (χ1) is 9.88. The van der Waals surface area contributed by atoms with E-state index in [9.17, 15) is 0 Å². The normalized spacial score (nSPS) is 18.4. The van der Waals surface area contributed by atoms with Gasteiger partial charge in [0.05, 0.1) is 18.7 Å². The number of hydrogen-bond donors (Lipinski definition) is 1. The minimum atomic E-state index is 0.168. The number of ether oxygens (including phenoxy) is 2. The van der Waals surface area contributed by atoms with Crippen LogP contribution in [0.4, 0.5) is 0 Å². The van der Waals surface area contributed by atoms with Crippen molar-refractivity contribution in [3.8, 4) is 5.75 Å². The van der Waals surface area contributed by atoms with Crippen molar-refractivity contribution in [1.29, 1.82) is 0 Å². The lowest BCUT2D eigenvalue weighted by molar-refractivity contribution is 0.157. The number of methoxy groups -OCH3 is 1. The highest BCUT2D eigenvalue weighted by Gasteiger charge is 2.26. The highest BCUT2D eigenvalue weighted by Crippen LogP contribution is 2.33. The molecule has 1 heterocycles. The van der Waals surface area contributed by atoms with E-state index in [2.05, 4.69) is 41.7 Å². The van der Waals surface area contributed by atoms with Crippen LogP contribution in [0.15, 0.2) is 54.6 Å². The van der Waals surface area contributed by atoms with Crippen LogP contribution in [0.2, 0.25) is 0 Å². The predicted molar refractivity (Wildman–Crippen MR) is 78.9 cm³/mol. The number of para-hydroxylation sites is 1. The van der Waals surface area contributed by atoms with Gasteiger partial charge in [-0.25, -0.2) is 0 Å². The molecule has 3 nitrogen and oxygen atoms in total. The van der Waals surface area contributed by atoms with Crippen LogP contribution < -0.4 is 10.1 Å². The van der Waals surface area contributed by atoms with Crippen molar-refractivity contribution in [1.82, 2.24) is 5.32 Å². The summed E-state index contributed by atoms with van der Waals surface area (Å²) < 4.78 is 11.1. The van der Waals surface area contributed by atoms with Crippen LogP contribution in [-0.2, 0) is 4.74 Å². The second-order valence-corrected chi connectivity index (χ2v) is 4.99. The standard InChI is InChI=1S/C17H19NO2/c1-19-11-15(13-7-3-2-4-8-13)18-16-12-20-17-10-6-5-9-14(16)17/h2-10,15-16,18H,11-12H2,1H3. The Morgan fingerprint density at radius 3 is 2.70 bits per heavy atom. The molecule has 2 atom stereocenters. The number of rotatable bonds is 5. The van der Waals surface area contributed by atoms with E-state index in [1.54, 1.807) is 7.11 Å². The highest BCUT2D eigenvalue weighted by molar-refractivity contribution is 5.39. The average Bonchev–Trinajstić information content (AvgIpc) is 2.91. The Labute approximate surface area is 119 Å². The van der Waals surface area contributed by atoms with Gasteiger partial charge in [-0.1, -0.05) is 48.5 Å². The van der Waals surface area contributed by atoms with Crippen LogP contribution in [-0.4, -0.2) is 20.3 Å². The van der Waals surface area contributed by atoms with Gasteiger partial charge in [0.15, 0.2) is 0 Å². The zero-order valence-electron chi connectivity index (χ0n) is 11.6. The molecule has 2 aromatic rings. The molecule has 20 heavy (non-hydrogen) atoms. The van der Waals surface area contributed by atoms with Crippen molar-refractivity contribution in [3.63, 3.8) is 0 Å². The maximum atomic E-state index is 5.72. The molecule has 0 saturated heterocycles. The minimum absolute atomic E-state index is 0.168. The average molecular weight is 269 g/mol. The van der Waals surface area contributed by atoms with Crippen LogP contribution in [0.1, 0.15) is 23.2 Å². The van der Waals surface area contributed by atoms with E-state index in [0.29, 0.717) is 13.2 Å². The Hall–Kier alpha value is -1.84. The molecule has 0 saturated carbocycles. The number of hydrogen-bond acceptors (Lipinski definition) is 3. The zero-order chi connectivity index (χ0) is 13.8. The lowest BCUT2D eigenvalue weighted by Crippen LogP contribution is -2.30. The Kier molecular flexibility index (Phi) is 4.00. The quantitative estimate of drug-likeness (QED) is 0.904.